The minimum atomic E-state index is 0.180. The van der Waals surface area contributed by atoms with Crippen molar-refractivity contribution in [2.24, 2.45) is 0 Å². The van der Waals surface area contributed by atoms with Crippen molar-refractivity contribution in [3.8, 4) is 5.75 Å². The van der Waals surface area contributed by atoms with Crippen LogP contribution in [-0.2, 0) is 0 Å². The van der Waals surface area contributed by atoms with Crippen LogP contribution < -0.4 is 4.74 Å². The van der Waals surface area contributed by atoms with Gasteiger partial charge >= 0.3 is 0 Å². The van der Waals surface area contributed by atoms with Crippen LogP contribution in [0.3, 0.4) is 0 Å². The van der Waals surface area contributed by atoms with E-state index >= 15 is 0 Å². The van der Waals surface area contributed by atoms with Gasteiger partial charge in [-0.05, 0) is 38.1 Å². The van der Waals surface area contributed by atoms with Crippen molar-refractivity contribution in [1.82, 2.24) is 4.90 Å². The lowest BCUT2D eigenvalue weighted by Crippen LogP contribution is -2.36. The topological polar surface area (TPSA) is 32.7 Å². The highest BCUT2D eigenvalue weighted by Gasteiger charge is 2.08. The van der Waals surface area contributed by atoms with E-state index in [0.717, 1.165) is 12.3 Å². The number of nitrogens with zero attached hydrogens (tertiary/aromatic N) is 1. The summed E-state index contributed by atoms with van der Waals surface area (Å²) in [6, 6.07) is 7.74. The van der Waals surface area contributed by atoms with Gasteiger partial charge in [-0.2, -0.15) is 0 Å². The normalized spacial score (nSPS) is 11.2. The molecule has 0 aliphatic heterocycles. The summed E-state index contributed by atoms with van der Waals surface area (Å²) in [6.45, 7) is 6.50. The Labute approximate surface area is 108 Å². The van der Waals surface area contributed by atoms with Crippen molar-refractivity contribution in [2.75, 3.05) is 26.3 Å². The van der Waals surface area contributed by atoms with Crippen molar-refractivity contribution in [2.45, 2.75) is 19.9 Å². The quantitative estimate of drug-likeness (QED) is 0.814. The number of hydrogen-bond donors (Lipinski definition) is 1. The van der Waals surface area contributed by atoms with Crippen LogP contribution in [0, 0.1) is 0 Å². The zero-order chi connectivity index (χ0) is 12.7. The van der Waals surface area contributed by atoms with Crippen molar-refractivity contribution in [1.29, 1.82) is 0 Å². The number of halogens is 1. The number of benzene rings is 1. The lowest BCUT2D eigenvalue weighted by molar-refractivity contribution is 0.141. The highest BCUT2D eigenvalue weighted by Crippen LogP contribution is 2.15. The summed E-state index contributed by atoms with van der Waals surface area (Å²) in [5.74, 6) is 0.821. The van der Waals surface area contributed by atoms with E-state index < -0.39 is 0 Å². The van der Waals surface area contributed by atoms with Crippen molar-refractivity contribution in [3.05, 3.63) is 29.3 Å². The van der Waals surface area contributed by atoms with Crippen molar-refractivity contribution in [3.63, 3.8) is 0 Å². The lowest BCUT2D eigenvalue weighted by Gasteiger charge is -2.25. The average molecular weight is 258 g/mol. The van der Waals surface area contributed by atoms with Crippen LogP contribution in [0.5, 0.6) is 5.75 Å². The van der Waals surface area contributed by atoms with E-state index in [1.807, 2.05) is 24.3 Å². The van der Waals surface area contributed by atoms with Crippen molar-refractivity contribution >= 4 is 11.6 Å². The molecule has 0 saturated heterocycles. The van der Waals surface area contributed by atoms with Gasteiger partial charge in [0, 0.05) is 24.2 Å². The number of aliphatic hydroxyl groups is 1. The van der Waals surface area contributed by atoms with Gasteiger partial charge < -0.3 is 9.84 Å². The molecule has 0 fully saturated rings. The number of aliphatic hydroxyl groups excluding tert-OH is 1. The van der Waals surface area contributed by atoms with Gasteiger partial charge in [-0.1, -0.05) is 11.6 Å². The molecule has 1 aromatic carbocycles. The average Bonchev–Trinajstić information content (AvgIpc) is 2.30. The molecule has 17 heavy (non-hydrogen) atoms. The Bertz CT molecular complexity index is 314. The summed E-state index contributed by atoms with van der Waals surface area (Å²) in [7, 11) is 0. The summed E-state index contributed by atoms with van der Waals surface area (Å²) >= 11 is 5.79. The van der Waals surface area contributed by atoms with E-state index in [1.54, 1.807) is 0 Å². The Hall–Kier alpha value is -0.770. The zero-order valence-corrected chi connectivity index (χ0v) is 11.2. The first-order valence-corrected chi connectivity index (χ1v) is 6.24. The van der Waals surface area contributed by atoms with Crippen LogP contribution in [0.4, 0.5) is 0 Å². The SMILES string of the molecule is CC(C)N(CCO)CCOc1ccc(Cl)cc1. The molecule has 0 saturated carbocycles. The molecule has 96 valence electrons. The molecule has 0 bridgehead atoms. The predicted molar refractivity (Wildman–Crippen MR) is 70.7 cm³/mol. The van der Waals surface area contributed by atoms with Crippen LogP contribution in [0.25, 0.3) is 0 Å². The van der Waals surface area contributed by atoms with Gasteiger partial charge in [0.25, 0.3) is 0 Å². The number of hydrogen-bond acceptors (Lipinski definition) is 3. The fraction of sp³-hybridized carbons (Fsp3) is 0.538. The Morgan fingerprint density at radius 3 is 2.41 bits per heavy atom. The Morgan fingerprint density at radius 2 is 1.88 bits per heavy atom. The fourth-order valence-corrected chi connectivity index (χ4v) is 1.69. The second-order valence-electron chi connectivity index (χ2n) is 4.16. The molecule has 0 aliphatic carbocycles. The first kappa shape index (κ1) is 14.3. The van der Waals surface area contributed by atoms with E-state index in [4.69, 9.17) is 21.4 Å². The molecule has 0 aliphatic rings. The van der Waals surface area contributed by atoms with Gasteiger partial charge in [0.2, 0.25) is 0 Å². The molecule has 0 aromatic heterocycles. The number of rotatable bonds is 7. The maximum absolute atomic E-state index is 8.94. The first-order valence-electron chi connectivity index (χ1n) is 5.86. The van der Waals surface area contributed by atoms with Gasteiger partial charge in [0.1, 0.15) is 12.4 Å². The fourth-order valence-electron chi connectivity index (χ4n) is 1.57. The van der Waals surface area contributed by atoms with Gasteiger partial charge in [0.05, 0.1) is 6.61 Å². The summed E-state index contributed by atoms with van der Waals surface area (Å²) in [5, 5.41) is 9.64. The molecule has 0 spiro atoms. The maximum Gasteiger partial charge on any atom is 0.119 e. The Kier molecular flexibility index (Phi) is 6.34. The molecule has 0 unspecified atom stereocenters. The van der Waals surface area contributed by atoms with Crippen LogP contribution in [-0.4, -0.2) is 42.4 Å². The molecule has 4 heteroatoms. The van der Waals surface area contributed by atoms with Crippen LogP contribution in [0.1, 0.15) is 13.8 Å². The van der Waals surface area contributed by atoms with Crippen LogP contribution >= 0.6 is 11.6 Å². The molecule has 1 rings (SSSR count). The molecular weight excluding hydrogens is 238 g/mol. The molecule has 1 N–H and O–H groups in total. The predicted octanol–water partition coefficient (Wildman–Crippen LogP) is 2.42. The summed E-state index contributed by atoms with van der Waals surface area (Å²) in [5.41, 5.74) is 0. The monoisotopic (exact) mass is 257 g/mol. The van der Waals surface area contributed by atoms with E-state index in [2.05, 4.69) is 18.7 Å². The molecule has 1 aromatic rings. The third kappa shape index (κ3) is 5.39. The minimum absolute atomic E-state index is 0.180. The second-order valence-corrected chi connectivity index (χ2v) is 4.59. The molecular formula is C13H20ClNO2. The summed E-state index contributed by atoms with van der Waals surface area (Å²) in [4.78, 5) is 2.18. The van der Waals surface area contributed by atoms with E-state index in [0.29, 0.717) is 24.2 Å². The molecule has 0 heterocycles. The zero-order valence-electron chi connectivity index (χ0n) is 10.4. The van der Waals surface area contributed by atoms with Crippen LogP contribution in [0.15, 0.2) is 24.3 Å². The van der Waals surface area contributed by atoms with Gasteiger partial charge in [-0.15, -0.1) is 0 Å². The largest absolute Gasteiger partial charge is 0.492 e. The van der Waals surface area contributed by atoms with E-state index in [-0.39, 0.29) is 6.61 Å². The van der Waals surface area contributed by atoms with Crippen molar-refractivity contribution < 1.29 is 9.84 Å². The Morgan fingerprint density at radius 1 is 1.24 bits per heavy atom. The maximum atomic E-state index is 8.94. The highest BCUT2D eigenvalue weighted by atomic mass is 35.5. The summed E-state index contributed by atoms with van der Waals surface area (Å²) in [6.07, 6.45) is 0. The van der Waals surface area contributed by atoms with Gasteiger partial charge in [-0.3, -0.25) is 4.90 Å². The summed E-state index contributed by atoms with van der Waals surface area (Å²) < 4.78 is 5.61. The standard InChI is InChI=1S/C13H20ClNO2/c1-11(2)15(7-9-16)8-10-17-13-5-3-12(14)4-6-13/h3-6,11,16H,7-10H2,1-2H3. The number of ether oxygens (including phenoxy) is 1. The van der Waals surface area contributed by atoms with Gasteiger partial charge in [0.15, 0.2) is 0 Å². The molecule has 0 amide bonds. The highest BCUT2D eigenvalue weighted by molar-refractivity contribution is 6.30. The molecule has 0 radical (unpaired) electrons. The second kappa shape index (κ2) is 7.54. The third-order valence-electron chi connectivity index (χ3n) is 2.58. The van der Waals surface area contributed by atoms with Gasteiger partial charge in [-0.25, -0.2) is 0 Å². The minimum Gasteiger partial charge on any atom is -0.492 e. The molecule has 0 atom stereocenters. The Balaban J connectivity index is 2.33. The third-order valence-corrected chi connectivity index (χ3v) is 2.83. The van der Waals surface area contributed by atoms with E-state index in [9.17, 15) is 0 Å². The van der Waals surface area contributed by atoms with Crippen LogP contribution in [0.2, 0.25) is 5.02 Å². The first-order chi connectivity index (χ1) is 8.13. The lowest BCUT2D eigenvalue weighted by atomic mass is 10.3. The van der Waals surface area contributed by atoms with E-state index in [1.165, 1.54) is 0 Å². The smallest absolute Gasteiger partial charge is 0.119 e. The molecule has 3 nitrogen and oxygen atoms in total.